The van der Waals surface area contributed by atoms with Crippen molar-refractivity contribution in [2.45, 2.75) is 50.3 Å². The van der Waals surface area contributed by atoms with E-state index in [2.05, 4.69) is 17.6 Å². The van der Waals surface area contributed by atoms with E-state index in [1.54, 1.807) is 6.07 Å². The molecule has 26 heavy (non-hydrogen) atoms. The normalized spacial score (nSPS) is 20.6. The number of nitrogens with one attached hydrogen (secondary N) is 2. The van der Waals surface area contributed by atoms with Gasteiger partial charge in [-0.15, -0.1) is 23.7 Å². The monoisotopic (exact) mass is 423 g/mol. The highest BCUT2D eigenvalue weighted by atomic mass is 35.5. The lowest BCUT2D eigenvalue weighted by atomic mass is 9.92. The Labute approximate surface area is 167 Å². The fraction of sp³-hybridized carbons (Fsp3) is 0.706. The molecule has 0 unspecified atom stereocenters. The minimum Gasteiger partial charge on any atom is -0.355 e. The van der Waals surface area contributed by atoms with Gasteiger partial charge in [0.25, 0.3) is 10.0 Å². The topological polar surface area (TPSA) is 78.5 Å². The Balaban J connectivity index is 0.00000338. The second kappa shape index (κ2) is 10.6. The summed E-state index contributed by atoms with van der Waals surface area (Å²) in [6.45, 7) is 8.15. The highest BCUT2D eigenvalue weighted by molar-refractivity contribution is 7.91. The van der Waals surface area contributed by atoms with Gasteiger partial charge in [-0.25, -0.2) is 8.42 Å². The van der Waals surface area contributed by atoms with Crippen LogP contribution in [0.5, 0.6) is 0 Å². The molecule has 0 aromatic carbocycles. The summed E-state index contributed by atoms with van der Waals surface area (Å²) in [4.78, 5) is 13.2. The molecule has 0 radical (unpaired) electrons. The van der Waals surface area contributed by atoms with Crippen molar-refractivity contribution in [3.63, 3.8) is 0 Å². The molecule has 0 aliphatic carbocycles. The molecule has 0 saturated carbocycles. The highest BCUT2D eigenvalue weighted by Gasteiger charge is 2.25. The third-order valence-electron chi connectivity index (χ3n) is 4.60. The van der Waals surface area contributed by atoms with Crippen LogP contribution in [0, 0.1) is 5.92 Å². The summed E-state index contributed by atoms with van der Waals surface area (Å²) >= 11 is 1.30. The van der Waals surface area contributed by atoms with Gasteiger partial charge in [0.15, 0.2) is 0 Å². The van der Waals surface area contributed by atoms with Crippen molar-refractivity contribution < 1.29 is 13.2 Å². The first kappa shape index (κ1) is 23.4. The van der Waals surface area contributed by atoms with Gasteiger partial charge in [-0.05, 0) is 44.9 Å². The van der Waals surface area contributed by atoms with E-state index in [0.29, 0.717) is 36.3 Å². The van der Waals surface area contributed by atoms with Crippen molar-refractivity contribution in [3.05, 3.63) is 17.0 Å². The maximum Gasteiger partial charge on any atom is 0.252 e. The first-order chi connectivity index (χ1) is 11.9. The fourth-order valence-corrected chi connectivity index (χ4v) is 6.11. The molecule has 2 N–H and O–H groups in total. The molecule has 1 aromatic rings. The van der Waals surface area contributed by atoms with Crippen molar-refractivity contribution in [1.29, 1.82) is 0 Å². The van der Waals surface area contributed by atoms with Gasteiger partial charge in [-0.3, -0.25) is 4.79 Å². The lowest BCUT2D eigenvalue weighted by molar-refractivity contribution is -0.126. The summed E-state index contributed by atoms with van der Waals surface area (Å²) in [5.41, 5.74) is 0. The zero-order valence-electron chi connectivity index (χ0n) is 15.7. The fourth-order valence-electron chi connectivity index (χ4n) is 3.15. The van der Waals surface area contributed by atoms with E-state index in [1.165, 1.54) is 15.6 Å². The van der Waals surface area contributed by atoms with E-state index in [1.807, 2.05) is 19.9 Å². The lowest BCUT2D eigenvalue weighted by Crippen LogP contribution is -2.42. The van der Waals surface area contributed by atoms with Crippen LogP contribution in [0.3, 0.4) is 0 Å². The van der Waals surface area contributed by atoms with E-state index in [0.717, 1.165) is 24.3 Å². The molecule has 1 aliphatic rings. The molecule has 1 aromatic heterocycles. The van der Waals surface area contributed by atoms with Crippen LogP contribution in [-0.2, 0) is 21.2 Å². The largest absolute Gasteiger partial charge is 0.355 e. The second-order valence-corrected chi connectivity index (χ2v) is 9.76. The van der Waals surface area contributed by atoms with Crippen LogP contribution in [0.15, 0.2) is 16.3 Å². The number of hydrogen-bond acceptors (Lipinski definition) is 5. The van der Waals surface area contributed by atoms with Crippen molar-refractivity contribution in [3.8, 4) is 0 Å². The average molecular weight is 424 g/mol. The Morgan fingerprint density at radius 3 is 2.65 bits per heavy atom. The minimum atomic E-state index is -3.39. The first-order valence-electron chi connectivity index (χ1n) is 8.98. The maximum absolute atomic E-state index is 12.5. The summed E-state index contributed by atoms with van der Waals surface area (Å²) < 4.78 is 26.8. The van der Waals surface area contributed by atoms with Gasteiger partial charge in [0.05, 0.1) is 0 Å². The minimum absolute atomic E-state index is 0. The second-order valence-electron chi connectivity index (χ2n) is 6.43. The average Bonchev–Trinajstić information content (AvgIpc) is 3.05. The van der Waals surface area contributed by atoms with Crippen LogP contribution in [0.1, 0.15) is 38.5 Å². The number of amides is 1. The maximum atomic E-state index is 12.5. The van der Waals surface area contributed by atoms with Gasteiger partial charge in [0.1, 0.15) is 4.21 Å². The van der Waals surface area contributed by atoms with Crippen molar-refractivity contribution in [2.75, 3.05) is 26.2 Å². The smallest absolute Gasteiger partial charge is 0.252 e. The first-order valence-corrected chi connectivity index (χ1v) is 11.2. The molecular weight excluding hydrogens is 394 g/mol. The van der Waals surface area contributed by atoms with Crippen LogP contribution >= 0.6 is 23.7 Å². The Kier molecular flexibility index (Phi) is 9.54. The zero-order valence-corrected chi connectivity index (χ0v) is 18.1. The van der Waals surface area contributed by atoms with E-state index >= 15 is 0 Å². The lowest BCUT2D eigenvalue weighted by Gasteiger charge is -2.27. The van der Waals surface area contributed by atoms with Gasteiger partial charge in [-0.1, -0.05) is 13.8 Å². The number of hydrogen-bond donors (Lipinski definition) is 2. The molecule has 1 amide bonds. The summed E-state index contributed by atoms with van der Waals surface area (Å²) in [6.07, 6.45) is 2.41. The van der Waals surface area contributed by atoms with E-state index < -0.39 is 10.0 Å². The zero-order chi connectivity index (χ0) is 18.4. The standard InChI is InChI=1S/C17H29N3O3S2.ClH/c1-4-20(5-2)25(22,23)16-7-6-15(24-16)9-11-19-17(21)14-8-10-18-13(3)12-14;/h6-7,13-14,18H,4-5,8-12H2,1-3H3,(H,19,21);1H/t13-,14-;/m0./s1. The summed E-state index contributed by atoms with van der Waals surface area (Å²) in [6, 6.07) is 3.90. The van der Waals surface area contributed by atoms with Crippen LogP contribution in [0.25, 0.3) is 0 Å². The number of nitrogens with zero attached hydrogens (tertiary/aromatic N) is 1. The molecule has 1 fully saturated rings. The molecule has 6 nitrogen and oxygen atoms in total. The molecule has 2 heterocycles. The van der Waals surface area contributed by atoms with Crippen molar-refractivity contribution in [1.82, 2.24) is 14.9 Å². The third-order valence-corrected chi connectivity index (χ3v) is 8.26. The third kappa shape index (κ3) is 5.92. The number of rotatable bonds is 8. The van der Waals surface area contributed by atoms with Gasteiger partial charge in [0, 0.05) is 36.5 Å². The quantitative estimate of drug-likeness (QED) is 0.672. The van der Waals surface area contributed by atoms with Gasteiger partial charge in [0.2, 0.25) is 5.91 Å². The number of thiophene rings is 1. The molecule has 2 atom stereocenters. The van der Waals surface area contributed by atoms with E-state index in [9.17, 15) is 13.2 Å². The van der Waals surface area contributed by atoms with Gasteiger partial charge < -0.3 is 10.6 Å². The molecule has 150 valence electrons. The van der Waals surface area contributed by atoms with Crippen LogP contribution in [-0.4, -0.2) is 50.9 Å². The Morgan fingerprint density at radius 1 is 1.35 bits per heavy atom. The molecule has 9 heteroatoms. The molecule has 1 aliphatic heterocycles. The summed E-state index contributed by atoms with van der Waals surface area (Å²) in [7, 11) is -3.39. The van der Waals surface area contributed by atoms with Crippen LogP contribution in [0.4, 0.5) is 0 Å². The van der Waals surface area contributed by atoms with Gasteiger partial charge in [-0.2, -0.15) is 4.31 Å². The number of sulfonamides is 1. The van der Waals surface area contributed by atoms with Crippen LogP contribution < -0.4 is 10.6 Å². The number of piperidine rings is 1. The predicted molar refractivity (Wildman–Crippen MR) is 109 cm³/mol. The van der Waals surface area contributed by atoms with E-state index in [-0.39, 0.29) is 24.2 Å². The molecule has 0 spiro atoms. The number of carbonyl (C=O) groups is 1. The summed E-state index contributed by atoms with van der Waals surface area (Å²) in [5.74, 6) is 0.194. The molecule has 2 rings (SSSR count). The molecular formula is C17H30ClN3O3S2. The Morgan fingerprint density at radius 2 is 2.04 bits per heavy atom. The number of halogens is 1. The number of carbonyl (C=O) groups excluding carboxylic acids is 1. The van der Waals surface area contributed by atoms with Crippen molar-refractivity contribution in [2.24, 2.45) is 5.92 Å². The molecule has 1 saturated heterocycles. The highest BCUT2D eigenvalue weighted by Crippen LogP contribution is 2.25. The molecule has 0 bridgehead atoms. The Hall–Kier alpha value is -0.670. The van der Waals surface area contributed by atoms with E-state index in [4.69, 9.17) is 0 Å². The van der Waals surface area contributed by atoms with Crippen molar-refractivity contribution >= 4 is 39.7 Å². The van der Waals surface area contributed by atoms with Gasteiger partial charge >= 0.3 is 0 Å². The Bertz CT molecular complexity index is 675. The SMILES string of the molecule is CCN(CC)S(=O)(=O)c1ccc(CCNC(=O)[C@H]2CCN[C@@H](C)C2)s1.Cl. The van der Waals surface area contributed by atoms with Crippen LogP contribution in [0.2, 0.25) is 0 Å². The summed E-state index contributed by atoms with van der Waals surface area (Å²) in [5, 5.41) is 6.34. The predicted octanol–water partition coefficient (Wildman–Crippen LogP) is 2.25.